The minimum Gasteiger partial charge on any atom is -0.444 e. The van der Waals surface area contributed by atoms with Gasteiger partial charge in [-0.05, 0) is 41.0 Å². The molecule has 0 aliphatic carbocycles. The molecule has 1 aromatic rings. The maximum atomic E-state index is 12.3. The second-order valence-electron chi connectivity index (χ2n) is 7.07. The number of guanidine groups is 1. The predicted octanol–water partition coefficient (Wildman–Crippen LogP) is 3.07. The number of carbonyl (C=O) groups excluding carboxylic acids is 1. The van der Waals surface area contributed by atoms with E-state index in [9.17, 15) is 4.79 Å². The monoisotopic (exact) mass is 383 g/mol. The van der Waals surface area contributed by atoms with Crippen molar-refractivity contribution < 1.29 is 9.53 Å². The van der Waals surface area contributed by atoms with Crippen LogP contribution >= 0.6 is 11.3 Å². The first kappa shape index (κ1) is 22.2. The summed E-state index contributed by atoms with van der Waals surface area (Å²) in [6, 6.07) is 0. The average Bonchev–Trinajstić information content (AvgIpc) is 2.86. The maximum absolute atomic E-state index is 12.3. The Bertz CT molecular complexity index is 588. The fourth-order valence-corrected chi connectivity index (χ4v) is 3.07. The van der Waals surface area contributed by atoms with Crippen LogP contribution in [0.5, 0.6) is 0 Å². The Labute approximate surface area is 161 Å². The second kappa shape index (κ2) is 10.4. The van der Waals surface area contributed by atoms with E-state index in [1.54, 1.807) is 23.3 Å². The van der Waals surface area contributed by atoms with Gasteiger partial charge in [0.05, 0.1) is 12.2 Å². The van der Waals surface area contributed by atoms with Crippen molar-refractivity contribution in [1.29, 1.82) is 0 Å². The van der Waals surface area contributed by atoms with E-state index in [0.29, 0.717) is 32.1 Å². The summed E-state index contributed by atoms with van der Waals surface area (Å²) in [5.41, 5.74) is 0.584. The number of hydrogen-bond donors (Lipinski definition) is 2. The van der Waals surface area contributed by atoms with Gasteiger partial charge in [0.25, 0.3) is 0 Å². The van der Waals surface area contributed by atoms with Crippen LogP contribution in [-0.4, -0.2) is 54.2 Å². The number of nitrogens with zero attached hydrogens (tertiary/aromatic N) is 3. The summed E-state index contributed by atoms with van der Waals surface area (Å²) in [4.78, 5) is 23.9. The third-order valence-corrected chi connectivity index (χ3v) is 4.60. The lowest BCUT2D eigenvalue weighted by atomic mass is 10.2. The van der Waals surface area contributed by atoms with Crippen LogP contribution < -0.4 is 10.6 Å². The van der Waals surface area contributed by atoms with Crippen molar-refractivity contribution >= 4 is 23.4 Å². The van der Waals surface area contributed by atoms with E-state index in [2.05, 4.69) is 27.5 Å². The van der Waals surface area contributed by atoms with Crippen LogP contribution in [0.15, 0.2) is 4.99 Å². The highest BCUT2D eigenvalue weighted by atomic mass is 32.1. The highest BCUT2D eigenvalue weighted by Gasteiger charge is 2.21. The van der Waals surface area contributed by atoms with Crippen molar-refractivity contribution in [3.63, 3.8) is 0 Å². The highest BCUT2D eigenvalue weighted by molar-refractivity contribution is 7.11. The lowest BCUT2D eigenvalue weighted by molar-refractivity contribution is 0.0253. The van der Waals surface area contributed by atoms with Crippen molar-refractivity contribution in [2.75, 3.05) is 26.7 Å². The van der Waals surface area contributed by atoms with Crippen LogP contribution in [0.2, 0.25) is 0 Å². The predicted molar refractivity (Wildman–Crippen MR) is 108 cm³/mol. The molecular formula is C18H33N5O2S. The zero-order valence-electron chi connectivity index (χ0n) is 17.1. The number of amides is 1. The lowest BCUT2D eigenvalue weighted by Gasteiger charge is -2.27. The third-order valence-electron chi connectivity index (χ3n) is 3.52. The molecule has 0 radical (unpaired) electrons. The minimum atomic E-state index is -0.488. The average molecular weight is 384 g/mol. The first-order valence-electron chi connectivity index (χ1n) is 9.01. The van der Waals surface area contributed by atoms with Crippen LogP contribution in [0.1, 0.15) is 49.7 Å². The first-order valence-corrected chi connectivity index (χ1v) is 9.83. The van der Waals surface area contributed by atoms with Gasteiger partial charge in [-0.15, -0.1) is 11.3 Å². The van der Waals surface area contributed by atoms with Gasteiger partial charge >= 0.3 is 6.09 Å². The quantitative estimate of drug-likeness (QED) is 0.559. The van der Waals surface area contributed by atoms with E-state index in [-0.39, 0.29) is 6.09 Å². The molecule has 0 fully saturated rings. The van der Waals surface area contributed by atoms with Gasteiger partial charge in [-0.1, -0.05) is 6.92 Å². The fraction of sp³-hybridized carbons (Fsp3) is 0.722. The number of aliphatic imine (C=N–C) groups is 1. The van der Waals surface area contributed by atoms with Gasteiger partial charge in [-0.2, -0.15) is 0 Å². The summed E-state index contributed by atoms with van der Waals surface area (Å²) in [5, 5.41) is 7.52. The molecule has 0 aliphatic rings. The number of nitrogens with one attached hydrogen (secondary N) is 2. The van der Waals surface area contributed by atoms with Crippen LogP contribution in [0.25, 0.3) is 0 Å². The van der Waals surface area contributed by atoms with Gasteiger partial charge in [-0.25, -0.2) is 9.78 Å². The zero-order valence-corrected chi connectivity index (χ0v) is 17.9. The molecule has 7 nitrogen and oxygen atoms in total. The highest BCUT2D eigenvalue weighted by Crippen LogP contribution is 2.15. The lowest BCUT2D eigenvalue weighted by Crippen LogP contribution is -2.44. The van der Waals surface area contributed by atoms with E-state index in [0.717, 1.165) is 17.1 Å². The van der Waals surface area contributed by atoms with Gasteiger partial charge in [0.15, 0.2) is 5.96 Å². The molecular weight excluding hydrogens is 350 g/mol. The Hall–Kier alpha value is -1.83. The summed E-state index contributed by atoms with van der Waals surface area (Å²) in [6.45, 7) is 14.2. The van der Waals surface area contributed by atoms with Crippen molar-refractivity contribution in [3.05, 3.63) is 15.6 Å². The topological polar surface area (TPSA) is 78.9 Å². The van der Waals surface area contributed by atoms with E-state index in [1.165, 1.54) is 4.88 Å². The SMILES string of the molecule is CCCN(CCNC(=NC)NCc1nc(C)c(C)s1)C(=O)OC(C)(C)C. The molecule has 2 N–H and O–H groups in total. The van der Waals surface area contributed by atoms with Crippen molar-refractivity contribution in [3.8, 4) is 0 Å². The van der Waals surface area contributed by atoms with Crippen molar-refractivity contribution in [1.82, 2.24) is 20.5 Å². The number of thiazole rings is 1. The molecule has 8 heteroatoms. The van der Waals surface area contributed by atoms with E-state index < -0.39 is 5.60 Å². The summed E-state index contributed by atoms with van der Waals surface area (Å²) in [7, 11) is 1.73. The Kier molecular flexibility index (Phi) is 8.84. The molecule has 1 amide bonds. The smallest absolute Gasteiger partial charge is 0.410 e. The molecule has 0 spiro atoms. The fourth-order valence-electron chi connectivity index (χ4n) is 2.19. The van der Waals surface area contributed by atoms with Gasteiger partial charge in [0.2, 0.25) is 0 Å². The normalized spacial score (nSPS) is 12.0. The molecule has 148 valence electrons. The molecule has 0 saturated heterocycles. The zero-order chi connectivity index (χ0) is 19.7. The Balaban J connectivity index is 2.46. The summed E-state index contributed by atoms with van der Waals surface area (Å²) < 4.78 is 5.46. The number of carbonyl (C=O) groups is 1. The summed E-state index contributed by atoms with van der Waals surface area (Å²) in [6.07, 6.45) is 0.604. The molecule has 1 aromatic heterocycles. The van der Waals surface area contributed by atoms with Crippen LogP contribution in [0.3, 0.4) is 0 Å². The number of hydrogen-bond acceptors (Lipinski definition) is 5. The van der Waals surface area contributed by atoms with Crippen molar-refractivity contribution in [2.24, 2.45) is 4.99 Å². The van der Waals surface area contributed by atoms with E-state index >= 15 is 0 Å². The van der Waals surface area contributed by atoms with E-state index in [1.807, 2.05) is 34.6 Å². The van der Waals surface area contributed by atoms with Gasteiger partial charge in [-0.3, -0.25) is 4.99 Å². The number of aromatic nitrogens is 1. The molecule has 0 saturated carbocycles. The minimum absolute atomic E-state index is 0.280. The third kappa shape index (κ3) is 8.03. The molecule has 0 aliphatic heterocycles. The maximum Gasteiger partial charge on any atom is 0.410 e. The van der Waals surface area contributed by atoms with Crippen LogP contribution in [-0.2, 0) is 11.3 Å². The Morgan fingerprint density at radius 1 is 1.27 bits per heavy atom. The number of rotatable bonds is 7. The summed E-state index contributed by atoms with van der Waals surface area (Å²) in [5.74, 6) is 0.691. The largest absolute Gasteiger partial charge is 0.444 e. The molecule has 0 atom stereocenters. The van der Waals surface area contributed by atoms with Crippen LogP contribution in [0.4, 0.5) is 4.79 Å². The Morgan fingerprint density at radius 3 is 2.46 bits per heavy atom. The molecule has 1 heterocycles. The van der Waals surface area contributed by atoms with E-state index in [4.69, 9.17) is 4.74 Å². The molecule has 0 unspecified atom stereocenters. The standard InChI is InChI=1S/C18H33N5O2S/c1-8-10-23(17(24)25-18(4,5)6)11-9-20-16(19-7)21-12-15-22-13(2)14(3)26-15/h8-12H2,1-7H3,(H2,19,20,21). The first-order chi connectivity index (χ1) is 12.2. The second-order valence-corrected chi connectivity index (χ2v) is 8.36. The molecule has 1 rings (SSSR count). The van der Waals surface area contributed by atoms with Gasteiger partial charge in [0.1, 0.15) is 10.6 Å². The van der Waals surface area contributed by atoms with Crippen LogP contribution in [0, 0.1) is 13.8 Å². The number of ether oxygens (including phenoxy) is 1. The number of aryl methyl sites for hydroxylation is 2. The molecule has 26 heavy (non-hydrogen) atoms. The van der Waals surface area contributed by atoms with Gasteiger partial charge < -0.3 is 20.3 Å². The molecule has 0 aromatic carbocycles. The van der Waals surface area contributed by atoms with Gasteiger partial charge in [0, 0.05) is 31.6 Å². The molecule has 0 bridgehead atoms. The van der Waals surface area contributed by atoms with Crippen molar-refractivity contribution in [2.45, 2.75) is 60.1 Å². The Morgan fingerprint density at radius 2 is 1.96 bits per heavy atom. The summed E-state index contributed by atoms with van der Waals surface area (Å²) >= 11 is 1.69.